The van der Waals surface area contributed by atoms with Crippen molar-refractivity contribution in [3.8, 4) is 0 Å². The Morgan fingerprint density at radius 3 is 2.67 bits per heavy atom. The van der Waals surface area contributed by atoms with Crippen LogP contribution in [0.25, 0.3) is 0 Å². The highest BCUT2D eigenvalue weighted by atomic mass is 32.1. The predicted octanol–water partition coefficient (Wildman–Crippen LogP) is 5.23. The van der Waals surface area contributed by atoms with E-state index in [0.29, 0.717) is 28.7 Å². The van der Waals surface area contributed by atoms with Crippen molar-refractivity contribution in [2.75, 3.05) is 11.9 Å². The van der Waals surface area contributed by atoms with Crippen LogP contribution in [0.5, 0.6) is 0 Å². The van der Waals surface area contributed by atoms with Crippen molar-refractivity contribution in [2.24, 2.45) is 0 Å². The first-order valence-electron chi connectivity index (χ1n) is 10.2. The maximum absolute atomic E-state index is 12.9. The molecule has 2 heterocycles. The highest BCUT2D eigenvalue weighted by Gasteiger charge is 2.31. The molecule has 30 heavy (non-hydrogen) atoms. The van der Waals surface area contributed by atoms with Gasteiger partial charge in [0.2, 0.25) is 0 Å². The van der Waals surface area contributed by atoms with Gasteiger partial charge in [-0.1, -0.05) is 37.3 Å². The fourth-order valence-electron chi connectivity index (χ4n) is 3.85. The Morgan fingerprint density at radius 1 is 1.17 bits per heavy atom. The molecule has 5 nitrogen and oxygen atoms in total. The standard InChI is InChI=1S/C24H24N2O3S/c1-2-14-29-24(28)21-19-9-8-18(16-6-4-3-5-7-16)15-20(19)30-23(21)26-22(27)17-10-12-25-13-11-17/h3-7,10-13,18H,2,8-9,14-15H2,1H3,(H,26,27)/t18-/m1/s1. The van der Waals surface area contributed by atoms with Crippen LogP contribution in [0.4, 0.5) is 5.00 Å². The highest BCUT2D eigenvalue weighted by Crippen LogP contribution is 2.43. The fourth-order valence-corrected chi connectivity index (χ4v) is 5.16. The average molecular weight is 421 g/mol. The van der Waals surface area contributed by atoms with Crippen LogP contribution in [0.3, 0.4) is 0 Å². The predicted molar refractivity (Wildman–Crippen MR) is 118 cm³/mol. The van der Waals surface area contributed by atoms with Gasteiger partial charge >= 0.3 is 5.97 Å². The molecule has 0 aliphatic heterocycles. The van der Waals surface area contributed by atoms with E-state index in [1.165, 1.54) is 16.9 Å². The lowest BCUT2D eigenvalue weighted by molar-refractivity contribution is 0.0505. The van der Waals surface area contributed by atoms with Gasteiger partial charge in [-0.2, -0.15) is 0 Å². The number of pyridine rings is 1. The summed E-state index contributed by atoms with van der Waals surface area (Å²) in [6, 6.07) is 13.8. The SMILES string of the molecule is CCCOC(=O)c1c(NC(=O)c2ccncc2)sc2c1CC[C@@H](c1ccccc1)C2. The number of nitrogens with one attached hydrogen (secondary N) is 1. The number of hydrogen-bond donors (Lipinski definition) is 1. The molecule has 2 aromatic heterocycles. The Balaban J connectivity index is 1.65. The molecule has 1 amide bonds. The first-order valence-corrected chi connectivity index (χ1v) is 11.1. The molecular weight excluding hydrogens is 396 g/mol. The largest absolute Gasteiger partial charge is 0.462 e. The van der Waals surface area contributed by atoms with E-state index in [4.69, 9.17) is 4.74 Å². The van der Waals surface area contributed by atoms with Crippen LogP contribution >= 0.6 is 11.3 Å². The van der Waals surface area contributed by atoms with E-state index in [1.54, 1.807) is 24.5 Å². The Hall–Kier alpha value is -2.99. The summed E-state index contributed by atoms with van der Waals surface area (Å²) in [6.07, 6.45) is 6.55. The molecule has 0 saturated carbocycles. The molecule has 4 rings (SSSR count). The number of hydrogen-bond acceptors (Lipinski definition) is 5. The van der Waals surface area contributed by atoms with E-state index in [-0.39, 0.29) is 11.9 Å². The third-order valence-corrected chi connectivity index (χ3v) is 6.52. The number of anilines is 1. The van der Waals surface area contributed by atoms with E-state index in [9.17, 15) is 9.59 Å². The highest BCUT2D eigenvalue weighted by molar-refractivity contribution is 7.17. The number of nitrogens with zero attached hydrogens (tertiary/aromatic N) is 1. The minimum absolute atomic E-state index is 0.250. The third kappa shape index (κ3) is 4.28. The molecule has 0 saturated heterocycles. The van der Waals surface area contributed by atoms with Crippen molar-refractivity contribution in [1.82, 2.24) is 4.98 Å². The summed E-state index contributed by atoms with van der Waals surface area (Å²) >= 11 is 1.50. The van der Waals surface area contributed by atoms with Gasteiger partial charge in [-0.15, -0.1) is 11.3 Å². The quantitative estimate of drug-likeness (QED) is 0.554. The summed E-state index contributed by atoms with van der Waals surface area (Å²) < 4.78 is 5.45. The third-order valence-electron chi connectivity index (χ3n) is 5.35. The summed E-state index contributed by atoms with van der Waals surface area (Å²) in [5.74, 6) is -0.182. The Bertz CT molecular complexity index is 1030. The van der Waals surface area contributed by atoms with Gasteiger partial charge in [0.15, 0.2) is 0 Å². The maximum Gasteiger partial charge on any atom is 0.341 e. The summed E-state index contributed by atoms with van der Waals surface area (Å²) in [5.41, 5.74) is 3.37. The number of carbonyl (C=O) groups excluding carboxylic acids is 2. The van der Waals surface area contributed by atoms with Gasteiger partial charge in [0.1, 0.15) is 5.00 Å². The normalized spacial score (nSPS) is 15.3. The molecule has 0 fully saturated rings. The molecule has 0 unspecified atom stereocenters. The van der Waals surface area contributed by atoms with Gasteiger partial charge in [0.25, 0.3) is 5.91 Å². The lowest BCUT2D eigenvalue weighted by Crippen LogP contribution is -2.17. The first-order chi connectivity index (χ1) is 14.7. The van der Waals surface area contributed by atoms with Gasteiger partial charge in [-0.3, -0.25) is 9.78 Å². The number of ether oxygens (including phenoxy) is 1. The number of carbonyl (C=O) groups is 2. The molecule has 1 aliphatic carbocycles. The topological polar surface area (TPSA) is 68.3 Å². The first kappa shape index (κ1) is 20.3. The summed E-state index contributed by atoms with van der Waals surface area (Å²) in [7, 11) is 0. The van der Waals surface area contributed by atoms with Crippen LogP contribution in [-0.4, -0.2) is 23.5 Å². The van der Waals surface area contributed by atoms with Crippen LogP contribution in [0.1, 0.15) is 62.4 Å². The summed E-state index contributed by atoms with van der Waals surface area (Å²) in [5, 5.41) is 3.53. The van der Waals surface area contributed by atoms with Gasteiger partial charge in [0.05, 0.1) is 12.2 Å². The molecule has 0 bridgehead atoms. The van der Waals surface area contributed by atoms with Crippen molar-refractivity contribution in [3.05, 3.63) is 82.0 Å². The van der Waals surface area contributed by atoms with Crippen LogP contribution in [0, 0.1) is 0 Å². The van der Waals surface area contributed by atoms with E-state index in [1.807, 2.05) is 13.0 Å². The molecule has 1 aromatic carbocycles. The molecule has 0 radical (unpaired) electrons. The zero-order valence-electron chi connectivity index (χ0n) is 16.9. The van der Waals surface area contributed by atoms with E-state index >= 15 is 0 Å². The lowest BCUT2D eigenvalue weighted by Gasteiger charge is -2.23. The van der Waals surface area contributed by atoms with Crippen molar-refractivity contribution in [1.29, 1.82) is 0 Å². The second-order valence-corrected chi connectivity index (χ2v) is 8.49. The summed E-state index contributed by atoms with van der Waals surface area (Å²) in [6.45, 7) is 2.33. The van der Waals surface area contributed by atoms with E-state index in [0.717, 1.165) is 36.1 Å². The Morgan fingerprint density at radius 2 is 1.93 bits per heavy atom. The van der Waals surface area contributed by atoms with Crippen LogP contribution < -0.4 is 5.32 Å². The number of thiophene rings is 1. The van der Waals surface area contributed by atoms with Crippen molar-refractivity contribution in [2.45, 2.75) is 38.5 Å². The van der Waals surface area contributed by atoms with Gasteiger partial charge < -0.3 is 10.1 Å². The molecular formula is C24H24N2O3S. The maximum atomic E-state index is 12.9. The molecule has 1 atom stereocenters. The van der Waals surface area contributed by atoms with Crippen LogP contribution in [-0.2, 0) is 17.6 Å². The fraction of sp³-hybridized carbons (Fsp3) is 0.292. The monoisotopic (exact) mass is 420 g/mol. The average Bonchev–Trinajstić information content (AvgIpc) is 3.15. The number of benzene rings is 1. The number of rotatable bonds is 6. The van der Waals surface area contributed by atoms with Crippen molar-refractivity contribution < 1.29 is 14.3 Å². The number of amides is 1. The van der Waals surface area contributed by atoms with Crippen molar-refractivity contribution in [3.63, 3.8) is 0 Å². The van der Waals surface area contributed by atoms with E-state index in [2.05, 4.69) is 34.6 Å². The zero-order chi connectivity index (χ0) is 20.9. The Labute approximate surface area is 180 Å². The molecule has 154 valence electrons. The molecule has 1 aliphatic rings. The number of esters is 1. The zero-order valence-corrected chi connectivity index (χ0v) is 17.7. The number of aromatic nitrogens is 1. The minimum atomic E-state index is -0.350. The number of fused-ring (bicyclic) bond motifs is 1. The van der Waals surface area contributed by atoms with E-state index < -0.39 is 0 Å². The Kier molecular flexibility index (Phi) is 6.23. The molecule has 6 heteroatoms. The molecule has 3 aromatic rings. The van der Waals surface area contributed by atoms with Gasteiger partial charge in [-0.05, 0) is 54.9 Å². The smallest absolute Gasteiger partial charge is 0.341 e. The van der Waals surface area contributed by atoms with Crippen LogP contribution in [0.15, 0.2) is 54.9 Å². The van der Waals surface area contributed by atoms with Crippen LogP contribution in [0.2, 0.25) is 0 Å². The second kappa shape index (κ2) is 9.22. The van der Waals surface area contributed by atoms with Gasteiger partial charge in [-0.25, -0.2) is 4.79 Å². The van der Waals surface area contributed by atoms with Crippen molar-refractivity contribution >= 4 is 28.2 Å². The lowest BCUT2D eigenvalue weighted by atomic mass is 9.83. The molecule has 0 spiro atoms. The molecule has 1 N–H and O–H groups in total. The minimum Gasteiger partial charge on any atom is -0.462 e. The van der Waals surface area contributed by atoms with Gasteiger partial charge in [0, 0.05) is 22.8 Å². The summed E-state index contributed by atoms with van der Waals surface area (Å²) in [4.78, 5) is 30.7. The second-order valence-electron chi connectivity index (χ2n) is 7.38.